The maximum absolute atomic E-state index is 13.4. The van der Waals surface area contributed by atoms with Crippen LogP contribution in [0, 0.1) is 18.6 Å². The van der Waals surface area contributed by atoms with Gasteiger partial charge in [-0.3, -0.25) is 0 Å². The molecule has 1 heterocycles. The Morgan fingerprint density at radius 2 is 1.68 bits per heavy atom. The van der Waals surface area contributed by atoms with Crippen molar-refractivity contribution in [2.45, 2.75) is 19.6 Å². The van der Waals surface area contributed by atoms with Gasteiger partial charge in [-0.05, 0) is 19.1 Å². The Morgan fingerprint density at radius 3 is 2.32 bits per heavy atom. The molecule has 0 radical (unpaired) electrons. The Bertz CT molecular complexity index is 897. The number of imidazole rings is 1. The maximum atomic E-state index is 13.4. The lowest BCUT2D eigenvalue weighted by atomic mass is 10.2. The molecule has 0 aliphatic carbocycles. The number of halogens is 5. The highest BCUT2D eigenvalue weighted by Crippen LogP contribution is 2.32. The van der Waals surface area contributed by atoms with Crippen molar-refractivity contribution in [3.8, 4) is 0 Å². The summed E-state index contributed by atoms with van der Waals surface area (Å²) in [5, 5.41) is 3.00. The van der Waals surface area contributed by atoms with Crippen LogP contribution >= 0.6 is 0 Å². The molecule has 0 saturated carbocycles. The van der Waals surface area contributed by atoms with E-state index in [0.717, 1.165) is 21.9 Å². The molecule has 1 aromatic heterocycles. The van der Waals surface area contributed by atoms with Gasteiger partial charge in [0.05, 0.1) is 11.0 Å². The summed E-state index contributed by atoms with van der Waals surface area (Å²) < 4.78 is 67.1. The first kappa shape index (κ1) is 17.2. The summed E-state index contributed by atoms with van der Waals surface area (Å²) in [6.07, 6.45) is -4.73. The number of nitrogens with one attached hydrogen (secondary N) is 1. The molecule has 3 nitrogen and oxygen atoms in total. The number of aryl methyl sites for hydroxylation is 1. The van der Waals surface area contributed by atoms with Crippen LogP contribution in [0.15, 0.2) is 36.4 Å². The van der Waals surface area contributed by atoms with Crippen LogP contribution in [0.3, 0.4) is 0 Å². The van der Waals surface area contributed by atoms with Crippen LogP contribution in [0.1, 0.15) is 11.4 Å². The molecule has 3 rings (SSSR count). The molecule has 0 aliphatic heterocycles. The number of anilines is 1. The van der Waals surface area contributed by atoms with E-state index in [4.69, 9.17) is 0 Å². The normalized spacial score (nSPS) is 11.9. The number of alkyl halides is 3. The van der Waals surface area contributed by atoms with E-state index in [9.17, 15) is 22.0 Å². The molecule has 0 fully saturated rings. The van der Waals surface area contributed by atoms with Gasteiger partial charge in [-0.15, -0.1) is 0 Å². The smallest absolute Gasteiger partial charge is 0.383 e. The van der Waals surface area contributed by atoms with Crippen molar-refractivity contribution in [2.75, 3.05) is 11.9 Å². The third-order valence-corrected chi connectivity index (χ3v) is 3.76. The quantitative estimate of drug-likeness (QED) is 0.684. The SMILES string of the molecule is Cc1ccc(NCCn2c(C(F)(F)F)nc3cc(F)c(F)cc32)cc1. The Hall–Kier alpha value is -2.64. The lowest BCUT2D eigenvalue weighted by Gasteiger charge is -2.13. The van der Waals surface area contributed by atoms with Crippen LogP contribution in [-0.4, -0.2) is 16.1 Å². The van der Waals surface area contributed by atoms with Crippen LogP contribution in [0.2, 0.25) is 0 Å². The summed E-state index contributed by atoms with van der Waals surface area (Å²) in [5.74, 6) is -3.63. The van der Waals surface area contributed by atoms with Gasteiger partial charge in [-0.25, -0.2) is 13.8 Å². The second kappa shape index (κ2) is 6.34. The lowest BCUT2D eigenvalue weighted by Crippen LogP contribution is -2.18. The minimum Gasteiger partial charge on any atom is -0.383 e. The van der Waals surface area contributed by atoms with Gasteiger partial charge < -0.3 is 9.88 Å². The van der Waals surface area contributed by atoms with Crippen LogP contribution in [0.25, 0.3) is 11.0 Å². The predicted octanol–water partition coefficient (Wildman–Crippen LogP) is 4.75. The fourth-order valence-corrected chi connectivity index (χ4v) is 2.55. The first-order valence-electron chi connectivity index (χ1n) is 7.49. The fourth-order valence-electron chi connectivity index (χ4n) is 2.55. The first-order valence-corrected chi connectivity index (χ1v) is 7.49. The maximum Gasteiger partial charge on any atom is 0.449 e. The summed E-state index contributed by atoms with van der Waals surface area (Å²) in [7, 11) is 0. The van der Waals surface area contributed by atoms with Gasteiger partial charge in [0.1, 0.15) is 0 Å². The van der Waals surface area contributed by atoms with Crippen LogP contribution in [0.4, 0.5) is 27.6 Å². The predicted molar refractivity (Wildman–Crippen MR) is 84.3 cm³/mol. The van der Waals surface area contributed by atoms with E-state index in [1.807, 2.05) is 19.1 Å². The molecule has 0 atom stereocenters. The van der Waals surface area contributed by atoms with E-state index in [1.54, 1.807) is 12.1 Å². The van der Waals surface area contributed by atoms with Crippen molar-refractivity contribution < 1.29 is 22.0 Å². The molecular formula is C17H14F5N3. The second-order valence-electron chi connectivity index (χ2n) is 5.63. The number of hydrogen-bond donors (Lipinski definition) is 1. The zero-order valence-electron chi connectivity index (χ0n) is 13.2. The van der Waals surface area contributed by atoms with Crippen molar-refractivity contribution in [2.24, 2.45) is 0 Å². The lowest BCUT2D eigenvalue weighted by molar-refractivity contribution is -0.146. The van der Waals surface area contributed by atoms with Gasteiger partial charge >= 0.3 is 6.18 Å². The second-order valence-corrected chi connectivity index (χ2v) is 5.63. The summed E-state index contributed by atoms with van der Waals surface area (Å²) >= 11 is 0. The van der Waals surface area contributed by atoms with E-state index in [-0.39, 0.29) is 24.1 Å². The molecule has 2 aromatic carbocycles. The molecule has 8 heteroatoms. The minimum absolute atomic E-state index is 0.100. The standard InChI is InChI=1S/C17H14F5N3/c1-10-2-4-11(5-3-10)23-6-7-25-15-9-13(19)12(18)8-14(15)24-16(25)17(20,21)22/h2-5,8-9,23H,6-7H2,1H3. The molecule has 3 aromatic rings. The number of aromatic nitrogens is 2. The van der Waals surface area contributed by atoms with E-state index in [1.165, 1.54) is 0 Å². The highest BCUT2D eigenvalue weighted by molar-refractivity contribution is 5.76. The van der Waals surface area contributed by atoms with E-state index >= 15 is 0 Å². The number of benzene rings is 2. The fraction of sp³-hybridized carbons (Fsp3) is 0.235. The average molecular weight is 355 g/mol. The zero-order valence-corrected chi connectivity index (χ0v) is 13.2. The third-order valence-electron chi connectivity index (χ3n) is 3.76. The van der Waals surface area contributed by atoms with Crippen LogP contribution < -0.4 is 5.32 Å². The summed E-state index contributed by atoms with van der Waals surface area (Å²) in [6.45, 7) is 1.98. The number of fused-ring (bicyclic) bond motifs is 1. The van der Waals surface area contributed by atoms with Gasteiger partial charge in [0.25, 0.3) is 0 Å². The highest BCUT2D eigenvalue weighted by Gasteiger charge is 2.37. The van der Waals surface area contributed by atoms with Crippen molar-refractivity contribution >= 4 is 16.7 Å². The number of nitrogens with zero attached hydrogens (tertiary/aromatic N) is 2. The minimum atomic E-state index is -4.73. The summed E-state index contributed by atoms with van der Waals surface area (Å²) in [5.41, 5.74) is 1.47. The van der Waals surface area contributed by atoms with Gasteiger partial charge in [-0.2, -0.15) is 13.2 Å². The summed E-state index contributed by atoms with van der Waals surface area (Å²) in [6, 6.07) is 8.76. The molecule has 25 heavy (non-hydrogen) atoms. The molecule has 0 spiro atoms. The molecule has 132 valence electrons. The highest BCUT2D eigenvalue weighted by atomic mass is 19.4. The summed E-state index contributed by atoms with van der Waals surface area (Å²) in [4.78, 5) is 3.43. The van der Waals surface area contributed by atoms with Crippen molar-refractivity contribution in [1.82, 2.24) is 9.55 Å². The first-order chi connectivity index (χ1) is 11.8. The molecule has 0 bridgehead atoms. The van der Waals surface area contributed by atoms with Crippen molar-refractivity contribution in [3.63, 3.8) is 0 Å². The molecule has 1 N–H and O–H groups in total. The van der Waals surface area contributed by atoms with Crippen molar-refractivity contribution in [1.29, 1.82) is 0 Å². The van der Waals surface area contributed by atoms with Gasteiger partial charge in [0.2, 0.25) is 5.82 Å². The van der Waals surface area contributed by atoms with Gasteiger partial charge in [0, 0.05) is 30.9 Å². The van der Waals surface area contributed by atoms with E-state index < -0.39 is 23.6 Å². The Kier molecular flexibility index (Phi) is 4.36. The van der Waals surface area contributed by atoms with Gasteiger partial charge in [-0.1, -0.05) is 17.7 Å². The topological polar surface area (TPSA) is 29.9 Å². The number of hydrogen-bond acceptors (Lipinski definition) is 2. The zero-order chi connectivity index (χ0) is 18.2. The molecule has 0 saturated heterocycles. The Labute approximate surface area is 140 Å². The van der Waals surface area contributed by atoms with Crippen LogP contribution in [-0.2, 0) is 12.7 Å². The van der Waals surface area contributed by atoms with Crippen LogP contribution in [0.5, 0.6) is 0 Å². The number of rotatable bonds is 4. The third kappa shape index (κ3) is 3.57. The van der Waals surface area contributed by atoms with Gasteiger partial charge in [0.15, 0.2) is 11.6 Å². The monoisotopic (exact) mass is 355 g/mol. The van der Waals surface area contributed by atoms with E-state index in [0.29, 0.717) is 6.07 Å². The molecule has 0 unspecified atom stereocenters. The molecule has 0 aliphatic rings. The Morgan fingerprint density at radius 1 is 1.04 bits per heavy atom. The van der Waals surface area contributed by atoms with E-state index in [2.05, 4.69) is 10.3 Å². The molecular weight excluding hydrogens is 341 g/mol. The van der Waals surface area contributed by atoms with Crippen molar-refractivity contribution in [3.05, 3.63) is 59.4 Å². The Balaban J connectivity index is 1.90. The largest absolute Gasteiger partial charge is 0.449 e. The molecule has 0 amide bonds. The average Bonchev–Trinajstić information content (AvgIpc) is 2.88.